The van der Waals surface area contributed by atoms with E-state index in [0.717, 1.165) is 50.9 Å². The van der Waals surface area contributed by atoms with Gasteiger partial charge in [-0.1, -0.05) is 6.07 Å². The van der Waals surface area contributed by atoms with E-state index < -0.39 is 0 Å². The molecule has 4 rings (SSSR count). The van der Waals surface area contributed by atoms with E-state index in [1.54, 1.807) is 12.4 Å². The van der Waals surface area contributed by atoms with Crippen LogP contribution in [-0.2, 0) is 11.2 Å². The number of hydrogen-bond acceptors (Lipinski definition) is 5. The smallest absolute Gasteiger partial charge is 0.257 e. The Morgan fingerprint density at radius 3 is 2.57 bits per heavy atom. The van der Waals surface area contributed by atoms with Gasteiger partial charge >= 0.3 is 0 Å². The lowest BCUT2D eigenvalue weighted by Crippen LogP contribution is -2.40. The molecule has 7 heteroatoms. The number of amides is 2. The number of carbonyl (C=O) groups excluding carboxylic acids is 2. The van der Waals surface area contributed by atoms with Gasteiger partial charge in [0.25, 0.3) is 5.91 Å². The first-order chi connectivity index (χ1) is 14.6. The van der Waals surface area contributed by atoms with Gasteiger partial charge in [-0.3, -0.25) is 14.6 Å². The fourth-order valence-corrected chi connectivity index (χ4v) is 4.38. The summed E-state index contributed by atoms with van der Waals surface area (Å²) in [5.41, 5.74) is 2.03. The summed E-state index contributed by atoms with van der Waals surface area (Å²) in [6, 6.07) is 5.47. The van der Waals surface area contributed by atoms with Gasteiger partial charge in [0.05, 0.1) is 23.7 Å². The second-order valence-corrected chi connectivity index (χ2v) is 8.18. The highest BCUT2D eigenvalue weighted by atomic mass is 16.2. The third-order valence-corrected chi connectivity index (χ3v) is 6.05. The number of piperidine rings is 2. The summed E-state index contributed by atoms with van der Waals surface area (Å²) in [7, 11) is 0. The second-order valence-electron chi connectivity index (χ2n) is 8.18. The van der Waals surface area contributed by atoms with Crippen molar-refractivity contribution in [3.05, 3.63) is 53.4 Å². The van der Waals surface area contributed by atoms with Crippen molar-refractivity contribution < 1.29 is 9.59 Å². The molecule has 2 aliphatic heterocycles. The maximum atomic E-state index is 13.0. The molecular formula is C23H29N5O2. The van der Waals surface area contributed by atoms with Crippen LogP contribution in [0.5, 0.6) is 0 Å². The van der Waals surface area contributed by atoms with E-state index in [4.69, 9.17) is 0 Å². The Morgan fingerprint density at radius 1 is 1.03 bits per heavy atom. The van der Waals surface area contributed by atoms with Gasteiger partial charge in [-0.2, -0.15) is 0 Å². The van der Waals surface area contributed by atoms with Crippen molar-refractivity contribution in [1.82, 2.24) is 24.8 Å². The van der Waals surface area contributed by atoms with Gasteiger partial charge in [0.2, 0.25) is 5.91 Å². The van der Waals surface area contributed by atoms with Gasteiger partial charge in [0, 0.05) is 37.7 Å². The standard InChI is InChI=1S/C23H29N5O2/c1-17-19(23(30)27-12-6-2-7-13-27)16-25-22(26-17)20-10-4-8-14-28(20)21(29)15-18-9-3-5-11-24-18/h3,5,9,11,16,20H,2,4,6-8,10,12-15H2,1H3/t20-/m1/s1. The fraction of sp³-hybridized carbons (Fsp3) is 0.522. The number of hydrogen-bond donors (Lipinski definition) is 0. The van der Waals surface area contributed by atoms with Gasteiger partial charge < -0.3 is 9.80 Å². The number of nitrogens with zero attached hydrogens (tertiary/aromatic N) is 5. The Balaban J connectivity index is 1.51. The first-order valence-electron chi connectivity index (χ1n) is 11.0. The molecule has 0 aromatic carbocycles. The van der Waals surface area contributed by atoms with Crippen molar-refractivity contribution in [3.63, 3.8) is 0 Å². The third kappa shape index (κ3) is 4.50. The topological polar surface area (TPSA) is 79.3 Å². The fourth-order valence-electron chi connectivity index (χ4n) is 4.38. The van der Waals surface area contributed by atoms with E-state index in [-0.39, 0.29) is 24.3 Å². The molecule has 0 spiro atoms. The molecule has 4 heterocycles. The van der Waals surface area contributed by atoms with Crippen LogP contribution in [0.25, 0.3) is 0 Å². The van der Waals surface area contributed by atoms with E-state index in [9.17, 15) is 9.59 Å². The molecule has 0 unspecified atom stereocenters. The van der Waals surface area contributed by atoms with Crippen molar-refractivity contribution in [1.29, 1.82) is 0 Å². The third-order valence-electron chi connectivity index (χ3n) is 6.05. The Bertz CT molecular complexity index is 896. The summed E-state index contributed by atoms with van der Waals surface area (Å²) < 4.78 is 0. The van der Waals surface area contributed by atoms with Crippen molar-refractivity contribution in [3.8, 4) is 0 Å². The normalized spacial score (nSPS) is 19.6. The maximum absolute atomic E-state index is 13.0. The molecule has 0 aliphatic carbocycles. The van der Waals surface area contributed by atoms with E-state index in [1.807, 2.05) is 34.9 Å². The molecular weight excluding hydrogens is 378 g/mol. The van der Waals surface area contributed by atoms with Crippen LogP contribution in [0.2, 0.25) is 0 Å². The summed E-state index contributed by atoms with van der Waals surface area (Å²) in [6.45, 7) is 4.18. The molecule has 158 valence electrons. The molecule has 1 atom stereocenters. The van der Waals surface area contributed by atoms with Crippen LogP contribution in [0.4, 0.5) is 0 Å². The minimum Gasteiger partial charge on any atom is -0.339 e. The minimum absolute atomic E-state index is 0.0190. The molecule has 0 radical (unpaired) electrons. The highest BCUT2D eigenvalue weighted by molar-refractivity contribution is 5.95. The quantitative estimate of drug-likeness (QED) is 0.778. The predicted molar refractivity (Wildman–Crippen MR) is 113 cm³/mol. The summed E-state index contributed by atoms with van der Waals surface area (Å²) >= 11 is 0. The molecule has 30 heavy (non-hydrogen) atoms. The lowest BCUT2D eigenvalue weighted by molar-refractivity contribution is -0.134. The Kier molecular flexibility index (Phi) is 6.35. The predicted octanol–water partition coefficient (Wildman–Crippen LogP) is 3.10. The average molecular weight is 408 g/mol. The van der Waals surface area contributed by atoms with Crippen LogP contribution in [0.15, 0.2) is 30.6 Å². The number of aryl methyl sites for hydroxylation is 1. The van der Waals surface area contributed by atoms with Gasteiger partial charge in [-0.25, -0.2) is 9.97 Å². The lowest BCUT2D eigenvalue weighted by atomic mass is 10.00. The minimum atomic E-state index is -0.146. The second kappa shape index (κ2) is 9.32. The van der Waals surface area contributed by atoms with E-state index in [0.29, 0.717) is 23.6 Å². The van der Waals surface area contributed by atoms with E-state index in [1.165, 1.54) is 6.42 Å². The molecule has 0 N–H and O–H groups in total. The van der Waals surface area contributed by atoms with E-state index >= 15 is 0 Å². The molecule has 2 amide bonds. The van der Waals surface area contributed by atoms with Gasteiger partial charge in [-0.05, 0) is 57.6 Å². The molecule has 2 aromatic rings. The molecule has 2 aromatic heterocycles. The van der Waals surface area contributed by atoms with Crippen LogP contribution < -0.4 is 0 Å². The van der Waals surface area contributed by atoms with Gasteiger partial charge in [-0.15, -0.1) is 0 Å². The van der Waals surface area contributed by atoms with Crippen LogP contribution in [0, 0.1) is 6.92 Å². The lowest BCUT2D eigenvalue weighted by Gasteiger charge is -2.35. The van der Waals surface area contributed by atoms with Crippen LogP contribution in [-0.4, -0.2) is 56.2 Å². The SMILES string of the molecule is Cc1nc([C@H]2CCCCN2C(=O)Cc2ccccn2)ncc1C(=O)N1CCCCC1. The zero-order valence-electron chi connectivity index (χ0n) is 17.6. The number of aromatic nitrogens is 3. The summed E-state index contributed by atoms with van der Waals surface area (Å²) in [5, 5.41) is 0. The molecule has 0 saturated carbocycles. The van der Waals surface area contributed by atoms with Gasteiger partial charge in [0.1, 0.15) is 0 Å². The number of rotatable bonds is 4. The summed E-state index contributed by atoms with van der Waals surface area (Å²) in [4.78, 5) is 43.1. The molecule has 2 saturated heterocycles. The zero-order valence-corrected chi connectivity index (χ0v) is 17.6. The zero-order chi connectivity index (χ0) is 20.9. The van der Waals surface area contributed by atoms with E-state index in [2.05, 4.69) is 15.0 Å². The first kappa shape index (κ1) is 20.4. The molecule has 0 bridgehead atoms. The molecule has 7 nitrogen and oxygen atoms in total. The van der Waals surface area contributed by atoms with Crippen LogP contribution in [0.3, 0.4) is 0 Å². The largest absolute Gasteiger partial charge is 0.339 e. The highest BCUT2D eigenvalue weighted by Gasteiger charge is 2.31. The number of likely N-dealkylation sites (tertiary alicyclic amines) is 2. The van der Waals surface area contributed by atoms with Crippen molar-refractivity contribution in [2.24, 2.45) is 0 Å². The molecule has 2 aliphatic rings. The monoisotopic (exact) mass is 407 g/mol. The summed E-state index contributed by atoms with van der Waals surface area (Å²) in [6.07, 6.45) is 9.80. The Labute approximate surface area is 177 Å². The van der Waals surface area contributed by atoms with Crippen LogP contribution >= 0.6 is 0 Å². The Morgan fingerprint density at radius 2 is 1.83 bits per heavy atom. The average Bonchev–Trinajstić information content (AvgIpc) is 2.80. The Hall–Kier alpha value is -2.83. The summed E-state index contributed by atoms with van der Waals surface area (Å²) in [5.74, 6) is 0.704. The van der Waals surface area contributed by atoms with Crippen molar-refractivity contribution in [2.45, 2.75) is 57.9 Å². The van der Waals surface area contributed by atoms with Crippen LogP contribution in [0.1, 0.15) is 72.1 Å². The van der Waals surface area contributed by atoms with Crippen molar-refractivity contribution >= 4 is 11.8 Å². The maximum Gasteiger partial charge on any atom is 0.257 e. The molecule has 2 fully saturated rings. The van der Waals surface area contributed by atoms with Crippen molar-refractivity contribution in [2.75, 3.05) is 19.6 Å². The number of carbonyl (C=O) groups is 2. The van der Waals surface area contributed by atoms with Gasteiger partial charge in [0.15, 0.2) is 5.82 Å². The first-order valence-corrected chi connectivity index (χ1v) is 11.0. The number of pyridine rings is 1. The highest BCUT2D eigenvalue weighted by Crippen LogP contribution is 2.30.